The number of carbonyl (C=O) groups is 2. The van der Waals surface area contributed by atoms with E-state index in [1.165, 1.54) is 23.5 Å². The van der Waals surface area contributed by atoms with E-state index in [0.717, 1.165) is 14.7 Å². The SMILES string of the molecule is CCOC(=O)Cn1c(=NC(=O)c2ccc(Cl)cc2Cl)sc2cc(Br)ccc21. The van der Waals surface area contributed by atoms with Crippen molar-refractivity contribution in [3.63, 3.8) is 0 Å². The van der Waals surface area contributed by atoms with E-state index in [1.807, 2.05) is 18.2 Å². The van der Waals surface area contributed by atoms with Gasteiger partial charge in [-0.1, -0.05) is 50.5 Å². The summed E-state index contributed by atoms with van der Waals surface area (Å²) in [5, 5.41) is 0.651. The molecular formula is C18H13BrCl2N2O3S. The summed E-state index contributed by atoms with van der Waals surface area (Å²) in [6, 6.07) is 10.2. The molecule has 3 rings (SSSR count). The molecule has 0 radical (unpaired) electrons. The van der Waals surface area contributed by atoms with Crippen molar-refractivity contribution in [1.29, 1.82) is 0 Å². The third-order valence-electron chi connectivity index (χ3n) is 3.60. The predicted octanol–water partition coefficient (Wildman–Crippen LogP) is 5.08. The highest BCUT2D eigenvalue weighted by Gasteiger charge is 2.14. The standard InChI is InChI=1S/C18H13BrCl2N2O3S/c1-2-26-16(24)9-23-14-6-3-10(19)7-15(14)27-18(23)22-17(25)12-5-4-11(20)8-13(12)21/h3-8H,2,9H2,1H3. The average Bonchev–Trinajstić information content (AvgIpc) is 2.91. The Kier molecular flexibility index (Phi) is 6.37. The largest absolute Gasteiger partial charge is 0.465 e. The van der Waals surface area contributed by atoms with Crippen molar-refractivity contribution in [2.24, 2.45) is 4.99 Å². The van der Waals surface area contributed by atoms with Gasteiger partial charge in [0.25, 0.3) is 5.91 Å². The fraction of sp³-hybridized carbons (Fsp3) is 0.167. The maximum Gasteiger partial charge on any atom is 0.326 e. The molecule has 5 nitrogen and oxygen atoms in total. The summed E-state index contributed by atoms with van der Waals surface area (Å²) in [7, 11) is 0. The molecule has 0 saturated carbocycles. The number of fused-ring (bicyclic) bond motifs is 1. The van der Waals surface area contributed by atoms with E-state index in [2.05, 4.69) is 20.9 Å². The number of nitrogens with zero attached hydrogens (tertiary/aromatic N) is 2. The number of rotatable bonds is 4. The quantitative estimate of drug-likeness (QED) is 0.482. The summed E-state index contributed by atoms with van der Waals surface area (Å²) in [4.78, 5) is 29.2. The molecule has 1 aromatic heterocycles. The van der Waals surface area contributed by atoms with Gasteiger partial charge in [-0.3, -0.25) is 9.59 Å². The highest BCUT2D eigenvalue weighted by atomic mass is 79.9. The van der Waals surface area contributed by atoms with Crippen LogP contribution >= 0.6 is 50.5 Å². The summed E-state index contributed by atoms with van der Waals surface area (Å²) in [5.74, 6) is -0.918. The lowest BCUT2D eigenvalue weighted by atomic mass is 10.2. The van der Waals surface area contributed by atoms with Gasteiger partial charge in [0.05, 0.1) is 27.4 Å². The lowest BCUT2D eigenvalue weighted by molar-refractivity contribution is -0.143. The van der Waals surface area contributed by atoms with Crippen LogP contribution in [0.5, 0.6) is 0 Å². The Morgan fingerprint density at radius 2 is 2.00 bits per heavy atom. The lowest BCUT2D eigenvalue weighted by Crippen LogP contribution is -2.23. The number of ether oxygens (including phenoxy) is 1. The van der Waals surface area contributed by atoms with Gasteiger partial charge in [-0.15, -0.1) is 0 Å². The first-order chi connectivity index (χ1) is 12.9. The van der Waals surface area contributed by atoms with Gasteiger partial charge >= 0.3 is 5.97 Å². The monoisotopic (exact) mass is 486 g/mol. The Labute approximate surface area is 177 Å². The Hall–Kier alpha value is -1.67. The van der Waals surface area contributed by atoms with E-state index in [1.54, 1.807) is 17.6 Å². The van der Waals surface area contributed by atoms with Crippen LogP contribution in [0.2, 0.25) is 10.0 Å². The van der Waals surface area contributed by atoms with Crippen LogP contribution in [0.25, 0.3) is 10.2 Å². The van der Waals surface area contributed by atoms with Gasteiger partial charge in [0.15, 0.2) is 4.80 Å². The van der Waals surface area contributed by atoms with E-state index in [9.17, 15) is 9.59 Å². The van der Waals surface area contributed by atoms with E-state index < -0.39 is 11.9 Å². The molecule has 1 heterocycles. The number of esters is 1. The van der Waals surface area contributed by atoms with Crippen LogP contribution < -0.4 is 4.80 Å². The van der Waals surface area contributed by atoms with Crippen molar-refractivity contribution in [3.05, 3.63) is 61.3 Å². The molecule has 0 spiro atoms. The molecule has 0 unspecified atom stereocenters. The van der Waals surface area contributed by atoms with Gasteiger partial charge in [0.1, 0.15) is 6.54 Å². The highest BCUT2D eigenvalue weighted by molar-refractivity contribution is 9.10. The molecule has 1 amide bonds. The zero-order valence-corrected chi connectivity index (χ0v) is 18.0. The van der Waals surface area contributed by atoms with E-state index in [4.69, 9.17) is 27.9 Å². The third kappa shape index (κ3) is 4.60. The van der Waals surface area contributed by atoms with Crippen LogP contribution in [-0.4, -0.2) is 23.1 Å². The number of carbonyl (C=O) groups excluding carboxylic acids is 2. The van der Waals surface area contributed by atoms with Crippen LogP contribution in [0.1, 0.15) is 17.3 Å². The Bertz CT molecular complexity index is 1110. The smallest absolute Gasteiger partial charge is 0.326 e. The first-order valence-electron chi connectivity index (χ1n) is 7.87. The number of halogens is 3. The number of thiazole rings is 1. The molecule has 2 aromatic carbocycles. The molecule has 0 aliphatic carbocycles. The first kappa shape index (κ1) is 20.1. The summed E-state index contributed by atoms with van der Waals surface area (Å²) in [6.45, 7) is 1.97. The fourth-order valence-electron chi connectivity index (χ4n) is 2.43. The minimum absolute atomic E-state index is 0.0457. The minimum atomic E-state index is -0.514. The van der Waals surface area contributed by atoms with Crippen molar-refractivity contribution >= 4 is 72.6 Å². The number of amides is 1. The fourth-order valence-corrected chi connectivity index (χ4v) is 4.50. The zero-order chi connectivity index (χ0) is 19.6. The van der Waals surface area contributed by atoms with Gasteiger partial charge in [0.2, 0.25) is 0 Å². The van der Waals surface area contributed by atoms with Crippen molar-refractivity contribution in [3.8, 4) is 0 Å². The van der Waals surface area contributed by atoms with Gasteiger partial charge in [0, 0.05) is 9.50 Å². The lowest BCUT2D eigenvalue weighted by Gasteiger charge is -2.05. The van der Waals surface area contributed by atoms with Gasteiger partial charge in [-0.2, -0.15) is 4.99 Å². The maximum atomic E-state index is 12.6. The van der Waals surface area contributed by atoms with E-state index in [-0.39, 0.29) is 23.7 Å². The minimum Gasteiger partial charge on any atom is -0.465 e. The molecule has 0 N–H and O–H groups in total. The number of hydrogen-bond donors (Lipinski definition) is 0. The second-order valence-corrected chi connectivity index (χ2v) is 8.20. The summed E-state index contributed by atoms with van der Waals surface area (Å²) in [5.41, 5.74) is 1.02. The van der Waals surface area contributed by atoms with E-state index in [0.29, 0.717) is 9.82 Å². The first-order valence-corrected chi connectivity index (χ1v) is 10.2. The topological polar surface area (TPSA) is 60.7 Å². The molecule has 0 aliphatic heterocycles. The highest BCUT2D eigenvalue weighted by Crippen LogP contribution is 2.24. The molecule has 0 atom stereocenters. The Balaban J connectivity index is 2.12. The third-order valence-corrected chi connectivity index (χ3v) is 5.68. The maximum absolute atomic E-state index is 12.6. The van der Waals surface area contributed by atoms with E-state index >= 15 is 0 Å². The van der Waals surface area contributed by atoms with Crippen molar-refractivity contribution in [2.75, 3.05) is 6.61 Å². The van der Waals surface area contributed by atoms with Crippen molar-refractivity contribution < 1.29 is 14.3 Å². The molecule has 0 bridgehead atoms. The van der Waals surface area contributed by atoms with Crippen molar-refractivity contribution in [1.82, 2.24) is 4.57 Å². The second kappa shape index (κ2) is 8.56. The van der Waals surface area contributed by atoms with Gasteiger partial charge in [-0.25, -0.2) is 0 Å². The molecule has 27 heavy (non-hydrogen) atoms. The van der Waals surface area contributed by atoms with Crippen molar-refractivity contribution in [2.45, 2.75) is 13.5 Å². The summed E-state index contributed by atoms with van der Waals surface area (Å²) < 4.78 is 8.46. The van der Waals surface area contributed by atoms with Gasteiger partial charge in [-0.05, 0) is 43.3 Å². The van der Waals surface area contributed by atoms with Crippen LogP contribution in [0, 0.1) is 0 Å². The predicted molar refractivity (Wildman–Crippen MR) is 111 cm³/mol. The molecule has 0 fully saturated rings. The summed E-state index contributed by atoms with van der Waals surface area (Å²) >= 11 is 16.7. The molecular weight excluding hydrogens is 475 g/mol. The molecule has 3 aromatic rings. The Morgan fingerprint density at radius 3 is 2.70 bits per heavy atom. The molecule has 140 valence electrons. The van der Waals surface area contributed by atoms with Crippen LogP contribution in [-0.2, 0) is 16.1 Å². The Morgan fingerprint density at radius 1 is 1.22 bits per heavy atom. The van der Waals surface area contributed by atoms with Crippen LogP contribution in [0.15, 0.2) is 45.9 Å². The average molecular weight is 488 g/mol. The zero-order valence-electron chi connectivity index (χ0n) is 14.0. The molecule has 0 aliphatic rings. The van der Waals surface area contributed by atoms with Crippen LogP contribution in [0.4, 0.5) is 0 Å². The second-order valence-electron chi connectivity index (χ2n) is 5.43. The molecule has 0 saturated heterocycles. The number of aromatic nitrogens is 1. The normalized spacial score (nSPS) is 11.8. The molecule has 9 heteroatoms. The number of hydrogen-bond acceptors (Lipinski definition) is 4. The summed E-state index contributed by atoms with van der Waals surface area (Å²) in [6.07, 6.45) is 0. The van der Waals surface area contributed by atoms with Gasteiger partial charge < -0.3 is 9.30 Å². The number of benzene rings is 2. The van der Waals surface area contributed by atoms with Crippen LogP contribution in [0.3, 0.4) is 0 Å².